The molecule has 0 fully saturated rings. The molecule has 0 radical (unpaired) electrons. The van der Waals surface area contributed by atoms with Crippen molar-refractivity contribution in [3.05, 3.63) is 97.2 Å². The van der Waals surface area contributed by atoms with Crippen LogP contribution >= 0.6 is 0 Å². The Hall–Kier alpha value is -3.91. The summed E-state index contributed by atoms with van der Waals surface area (Å²) in [6, 6.07) is 32.8. The average molecular weight is 368 g/mol. The average Bonchev–Trinajstić information content (AvgIpc) is 3.18. The first-order valence-electron chi connectivity index (χ1n) is 9.91. The van der Waals surface area contributed by atoms with Gasteiger partial charge in [-0.05, 0) is 51.9 Å². The SMILES string of the molecule is c1ccc2c(c1)ccc1cc3c(cc12)c1cccnc1c1cc2ccccc2n31. The van der Waals surface area contributed by atoms with Crippen molar-refractivity contribution in [1.82, 2.24) is 9.38 Å². The maximum atomic E-state index is 4.78. The Morgan fingerprint density at radius 2 is 1.24 bits per heavy atom. The molecule has 0 atom stereocenters. The molecule has 134 valence electrons. The Morgan fingerprint density at radius 3 is 2.21 bits per heavy atom. The van der Waals surface area contributed by atoms with Crippen molar-refractivity contribution in [3.63, 3.8) is 0 Å². The van der Waals surface area contributed by atoms with Crippen LogP contribution in [0.15, 0.2) is 97.2 Å². The second kappa shape index (κ2) is 5.33. The first-order valence-corrected chi connectivity index (χ1v) is 9.91. The number of hydrogen-bond acceptors (Lipinski definition) is 1. The Labute approximate surface area is 166 Å². The normalized spacial score (nSPS) is 12.1. The first-order chi connectivity index (χ1) is 14.4. The molecule has 0 aliphatic heterocycles. The highest BCUT2D eigenvalue weighted by atomic mass is 14.9. The minimum atomic E-state index is 1.05. The van der Waals surface area contributed by atoms with Gasteiger partial charge in [0.25, 0.3) is 0 Å². The molecule has 3 aromatic heterocycles. The largest absolute Gasteiger partial charge is 0.307 e. The van der Waals surface area contributed by atoms with E-state index in [0.29, 0.717) is 0 Å². The van der Waals surface area contributed by atoms with E-state index in [2.05, 4.69) is 89.3 Å². The second-order valence-electron chi connectivity index (χ2n) is 7.70. The number of aromatic nitrogens is 2. The second-order valence-corrected chi connectivity index (χ2v) is 7.70. The van der Waals surface area contributed by atoms with Gasteiger partial charge >= 0.3 is 0 Å². The molecule has 2 nitrogen and oxygen atoms in total. The van der Waals surface area contributed by atoms with Gasteiger partial charge in [0.05, 0.1) is 22.1 Å². The van der Waals surface area contributed by atoms with Crippen molar-refractivity contribution < 1.29 is 0 Å². The Kier molecular flexibility index (Phi) is 2.77. The smallest absolute Gasteiger partial charge is 0.0949 e. The van der Waals surface area contributed by atoms with Gasteiger partial charge in [-0.25, -0.2) is 0 Å². The van der Waals surface area contributed by atoms with Gasteiger partial charge in [-0.15, -0.1) is 0 Å². The third kappa shape index (κ3) is 1.93. The van der Waals surface area contributed by atoms with Gasteiger partial charge in [-0.1, -0.05) is 60.7 Å². The molecule has 29 heavy (non-hydrogen) atoms. The maximum Gasteiger partial charge on any atom is 0.0949 e. The summed E-state index contributed by atoms with van der Waals surface area (Å²) in [5, 5.41) is 8.80. The first kappa shape index (κ1) is 15.1. The van der Waals surface area contributed by atoms with Crippen molar-refractivity contribution in [3.8, 4) is 0 Å². The van der Waals surface area contributed by atoms with E-state index in [1.54, 1.807) is 0 Å². The molecule has 0 saturated carbocycles. The number of rotatable bonds is 0. The van der Waals surface area contributed by atoms with Crippen LogP contribution in [-0.4, -0.2) is 9.38 Å². The number of fused-ring (bicyclic) bond motifs is 11. The summed E-state index contributed by atoms with van der Waals surface area (Å²) in [6.07, 6.45) is 1.89. The fourth-order valence-electron chi connectivity index (χ4n) is 4.86. The van der Waals surface area contributed by atoms with Gasteiger partial charge in [0.1, 0.15) is 0 Å². The Balaban J connectivity index is 1.83. The van der Waals surface area contributed by atoms with E-state index in [-0.39, 0.29) is 0 Å². The summed E-state index contributed by atoms with van der Waals surface area (Å²) in [6.45, 7) is 0. The van der Waals surface area contributed by atoms with Crippen molar-refractivity contribution in [1.29, 1.82) is 0 Å². The van der Waals surface area contributed by atoms with E-state index < -0.39 is 0 Å². The topological polar surface area (TPSA) is 17.3 Å². The Morgan fingerprint density at radius 1 is 0.483 bits per heavy atom. The molecule has 3 heterocycles. The van der Waals surface area contributed by atoms with Crippen LogP contribution in [0.2, 0.25) is 0 Å². The summed E-state index contributed by atoms with van der Waals surface area (Å²) in [7, 11) is 0. The minimum Gasteiger partial charge on any atom is -0.307 e. The summed E-state index contributed by atoms with van der Waals surface area (Å²) >= 11 is 0. The predicted molar refractivity (Wildman–Crippen MR) is 123 cm³/mol. The molecule has 0 aliphatic carbocycles. The highest BCUT2D eigenvalue weighted by Crippen LogP contribution is 2.36. The molecule has 0 N–H and O–H groups in total. The summed E-state index contributed by atoms with van der Waals surface area (Å²) in [5.41, 5.74) is 4.66. The molecule has 0 saturated heterocycles. The zero-order valence-corrected chi connectivity index (χ0v) is 15.6. The van der Waals surface area contributed by atoms with Gasteiger partial charge < -0.3 is 4.40 Å². The number of pyridine rings is 2. The van der Waals surface area contributed by atoms with Gasteiger partial charge in [0.15, 0.2) is 0 Å². The molecule has 4 aromatic carbocycles. The van der Waals surface area contributed by atoms with Gasteiger partial charge in [-0.3, -0.25) is 4.98 Å². The fourth-order valence-corrected chi connectivity index (χ4v) is 4.86. The van der Waals surface area contributed by atoms with E-state index in [9.17, 15) is 0 Å². The number of hydrogen-bond donors (Lipinski definition) is 0. The van der Waals surface area contributed by atoms with Crippen LogP contribution < -0.4 is 0 Å². The molecular formula is C27H16N2. The van der Waals surface area contributed by atoms with Crippen LogP contribution in [0.3, 0.4) is 0 Å². The van der Waals surface area contributed by atoms with Crippen LogP contribution in [0.5, 0.6) is 0 Å². The molecule has 7 aromatic rings. The zero-order chi connectivity index (χ0) is 18.9. The number of nitrogens with zero attached hydrogens (tertiary/aromatic N) is 2. The minimum absolute atomic E-state index is 1.05. The van der Waals surface area contributed by atoms with Crippen molar-refractivity contribution in [2.45, 2.75) is 0 Å². The standard InChI is InChI=1S/C27H16N2/c1-3-8-20-17(6-1)11-12-18-14-25-23(16-22(18)20)21-9-5-13-28-27(21)26-15-19-7-2-4-10-24(19)29(25)26/h1-16H. The number of benzene rings is 4. The van der Waals surface area contributed by atoms with Gasteiger partial charge in [0, 0.05) is 22.4 Å². The van der Waals surface area contributed by atoms with Crippen molar-refractivity contribution in [2.24, 2.45) is 0 Å². The predicted octanol–water partition coefficient (Wildman–Crippen LogP) is 7.10. The fraction of sp³-hybridized carbons (Fsp3) is 0. The molecule has 0 spiro atoms. The van der Waals surface area contributed by atoms with Crippen LogP contribution in [0.4, 0.5) is 0 Å². The van der Waals surface area contributed by atoms with Crippen LogP contribution in [0.25, 0.3) is 59.8 Å². The molecule has 0 unspecified atom stereocenters. The Bertz CT molecular complexity index is 1760. The molecular weight excluding hydrogens is 352 g/mol. The molecule has 2 heteroatoms. The van der Waals surface area contributed by atoms with Crippen molar-refractivity contribution >= 4 is 59.8 Å². The quantitative estimate of drug-likeness (QED) is 0.206. The molecule has 0 amide bonds. The van der Waals surface area contributed by atoms with E-state index in [0.717, 1.165) is 11.0 Å². The van der Waals surface area contributed by atoms with Crippen LogP contribution in [-0.2, 0) is 0 Å². The summed E-state index contributed by atoms with van der Waals surface area (Å²) < 4.78 is 2.37. The molecule has 7 rings (SSSR count). The summed E-state index contributed by atoms with van der Waals surface area (Å²) in [5.74, 6) is 0. The van der Waals surface area contributed by atoms with Crippen LogP contribution in [0.1, 0.15) is 0 Å². The van der Waals surface area contributed by atoms with Crippen LogP contribution in [0, 0.1) is 0 Å². The van der Waals surface area contributed by atoms with E-state index in [1.807, 2.05) is 12.3 Å². The van der Waals surface area contributed by atoms with Gasteiger partial charge in [0.2, 0.25) is 0 Å². The zero-order valence-electron chi connectivity index (χ0n) is 15.6. The van der Waals surface area contributed by atoms with Gasteiger partial charge in [-0.2, -0.15) is 0 Å². The lowest BCUT2D eigenvalue weighted by Gasteiger charge is -2.12. The monoisotopic (exact) mass is 368 g/mol. The lowest BCUT2D eigenvalue weighted by atomic mass is 9.98. The maximum absolute atomic E-state index is 4.78. The van der Waals surface area contributed by atoms with E-state index in [4.69, 9.17) is 4.98 Å². The van der Waals surface area contributed by atoms with E-state index in [1.165, 1.54) is 48.7 Å². The molecule has 0 bridgehead atoms. The third-order valence-corrected chi connectivity index (χ3v) is 6.15. The lowest BCUT2D eigenvalue weighted by molar-refractivity contribution is 1.32. The number of para-hydroxylation sites is 1. The molecule has 0 aliphatic rings. The van der Waals surface area contributed by atoms with E-state index >= 15 is 0 Å². The van der Waals surface area contributed by atoms with Crippen molar-refractivity contribution in [2.75, 3.05) is 0 Å². The highest BCUT2D eigenvalue weighted by Gasteiger charge is 2.14. The highest BCUT2D eigenvalue weighted by molar-refractivity contribution is 6.20. The summed E-state index contributed by atoms with van der Waals surface area (Å²) in [4.78, 5) is 4.78. The lowest BCUT2D eigenvalue weighted by Crippen LogP contribution is -1.93. The third-order valence-electron chi connectivity index (χ3n) is 6.15.